The molecule has 1 fully saturated rings. The first-order chi connectivity index (χ1) is 18.5. The van der Waals surface area contributed by atoms with E-state index in [-0.39, 0.29) is 16.7 Å². The van der Waals surface area contributed by atoms with E-state index in [1.54, 1.807) is 11.0 Å². The number of hydrogen-bond acceptors (Lipinski definition) is 5. The van der Waals surface area contributed by atoms with Crippen LogP contribution in [0.2, 0.25) is 0 Å². The first-order valence-electron chi connectivity index (χ1n) is 13.8. The number of thiocarbonyl (C=S) groups is 1. The molecule has 3 aliphatic heterocycles. The molecule has 6 nitrogen and oxygen atoms in total. The number of rotatable bonds is 4. The molecule has 0 aliphatic carbocycles. The van der Waals surface area contributed by atoms with Crippen LogP contribution in [-0.4, -0.2) is 35.6 Å². The molecule has 0 unspecified atom stereocenters. The van der Waals surface area contributed by atoms with Crippen LogP contribution in [0.1, 0.15) is 68.4 Å². The highest BCUT2D eigenvalue weighted by Crippen LogP contribution is 2.52. The number of carbonyl (C=O) groups excluding carboxylic acids is 1. The van der Waals surface area contributed by atoms with Crippen LogP contribution < -0.4 is 15.8 Å². The smallest absolute Gasteiger partial charge is 0.343 e. The second-order valence-corrected chi connectivity index (χ2v) is 12.8. The fourth-order valence-electron chi connectivity index (χ4n) is 6.35. The Morgan fingerprint density at radius 3 is 2.46 bits per heavy atom. The molecule has 0 atom stereocenters. The summed E-state index contributed by atoms with van der Waals surface area (Å²) in [5.41, 5.74) is 6.47. The number of amides is 1. The van der Waals surface area contributed by atoms with E-state index in [4.69, 9.17) is 16.6 Å². The zero-order valence-electron chi connectivity index (χ0n) is 23.3. The molecule has 0 radical (unpaired) electrons. The predicted molar refractivity (Wildman–Crippen MR) is 160 cm³/mol. The van der Waals surface area contributed by atoms with Crippen molar-refractivity contribution in [3.63, 3.8) is 0 Å². The number of nitrogens with one attached hydrogen (secondary N) is 1. The van der Waals surface area contributed by atoms with Gasteiger partial charge in [0, 0.05) is 36.3 Å². The number of anilines is 1. The third-order valence-electron chi connectivity index (χ3n) is 8.93. The van der Waals surface area contributed by atoms with Crippen molar-refractivity contribution in [2.45, 2.75) is 64.7 Å². The van der Waals surface area contributed by atoms with E-state index in [1.807, 2.05) is 37.3 Å². The molecule has 0 saturated carbocycles. The van der Waals surface area contributed by atoms with Crippen LogP contribution in [0.15, 0.2) is 51.3 Å². The maximum Gasteiger partial charge on any atom is 0.343 e. The second-order valence-electron chi connectivity index (χ2n) is 12.4. The Labute approximate surface area is 234 Å². The van der Waals surface area contributed by atoms with Crippen molar-refractivity contribution in [2.24, 2.45) is 0 Å². The second kappa shape index (κ2) is 9.05. The van der Waals surface area contributed by atoms with Gasteiger partial charge in [0.05, 0.1) is 5.56 Å². The van der Waals surface area contributed by atoms with Gasteiger partial charge < -0.3 is 14.6 Å². The molecule has 1 aromatic heterocycles. The minimum atomic E-state index is -0.435. The van der Waals surface area contributed by atoms with Crippen LogP contribution in [0, 0.1) is 6.92 Å². The zero-order valence-corrected chi connectivity index (χ0v) is 24.1. The van der Waals surface area contributed by atoms with E-state index in [1.165, 1.54) is 11.3 Å². The molecule has 3 aliphatic rings. The summed E-state index contributed by atoms with van der Waals surface area (Å²) in [6.45, 7) is 13.5. The monoisotopic (exact) mass is 541 g/mol. The molecular formula is C32H35N3O3S. The molecule has 7 heteroatoms. The van der Waals surface area contributed by atoms with E-state index in [0.29, 0.717) is 34.9 Å². The van der Waals surface area contributed by atoms with E-state index in [0.717, 1.165) is 48.0 Å². The zero-order chi connectivity index (χ0) is 27.7. The van der Waals surface area contributed by atoms with Gasteiger partial charge in [0.15, 0.2) is 5.11 Å². The summed E-state index contributed by atoms with van der Waals surface area (Å²) in [5, 5.41) is 4.33. The van der Waals surface area contributed by atoms with Crippen molar-refractivity contribution in [3.05, 3.63) is 80.3 Å². The first kappa shape index (κ1) is 25.8. The molecule has 1 amide bonds. The van der Waals surface area contributed by atoms with E-state index >= 15 is 0 Å². The van der Waals surface area contributed by atoms with Gasteiger partial charge in [0.2, 0.25) is 0 Å². The largest absolute Gasteiger partial charge is 0.422 e. The molecule has 1 N–H and O–H groups in total. The number of hydrogen-bond donors (Lipinski definition) is 1. The summed E-state index contributed by atoms with van der Waals surface area (Å²) in [7, 11) is 0. The third kappa shape index (κ3) is 4.18. The highest BCUT2D eigenvalue weighted by atomic mass is 32.1. The van der Waals surface area contributed by atoms with E-state index in [9.17, 15) is 9.59 Å². The van der Waals surface area contributed by atoms with Crippen molar-refractivity contribution in [1.82, 2.24) is 10.2 Å². The number of aryl methyl sites for hydroxylation is 1. The van der Waals surface area contributed by atoms with Gasteiger partial charge >= 0.3 is 5.63 Å². The van der Waals surface area contributed by atoms with Gasteiger partial charge in [0.25, 0.3) is 5.91 Å². The number of nitrogens with zero attached hydrogens (tertiary/aromatic N) is 2. The number of carbonyl (C=O) groups is 1. The minimum Gasteiger partial charge on any atom is -0.422 e. The highest BCUT2D eigenvalue weighted by molar-refractivity contribution is 7.80. The highest BCUT2D eigenvalue weighted by Gasteiger charge is 2.42. The Balaban J connectivity index is 1.44. The van der Waals surface area contributed by atoms with Gasteiger partial charge in [-0.3, -0.25) is 9.69 Å². The fourth-order valence-corrected chi connectivity index (χ4v) is 6.64. The van der Waals surface area contributed by atoms with Gasteiger partial charge in [0.1, 0.15) is 11.3 Å². The third-order valence-corrected chi connectivity index (χ3v) is 9.25. The average molecular weight is 542 g/mol. The van der Waals surface area contributed by atoms with Gasteiger partial charge in [-0.05, 0) is 78.1 Å². The molecule has 0 spiro atoms. The lowest BCUT2D eigenvalue weighted by Crippen LogP contribution is -2.44. The van der Waals surface area contributed by atoms with Crippen molar-refractivity contribution >= 4 is 46.0 Å². The molecular weight excluding hydrogens is 506 g/mol. The van der Waals surface area contributed by atoms with Crippen molar-refractivity contribution in [3.8, 4) is 0 Å². The van der Waals surface area contributed by atoms with E-state index in [2.05, 4.69) is 44.0 Å². The summed E-state index contributed by atoms with van der Waals surface area (Å²) < 4.78 is 6.14. The lowest BCUT2D eigenvalue weighted by atomic mass is 9.69. The van der Waals surface area contributed by atoms with Gasteiger partial charge in [-0.25, -0.2) is 4.79 Å². The molecule has 2 aromatic carbocycles. The normalized spacial score (nSPS) is 20.5. The lowest BCUT2D eigenvalue weighted by Gasteiger charge is -2.48. The first-order valence-corrected chi connectivity index (χ1v) is 14.2. The maximum atomic E-state index is 13.5. The molecule has 1 saturated heterocycles. The quantitative estimate of drug-likeness (QED) is 0.265. The van der Waals surface area contributed by atoms with E-state index < -0.39 is 5.63 Å². The van der Waals surface area contributed by atoms with Crippen molar-refractivity contribution in [1.29, 1.82) is 0 Å². The van der Waals surface area contributed by atoms with Crippen LogP contribution in [0.25, 0.3) is 17.0 Å². The summed E-state index contributed by atoms with van der Waals surface area (Å²) >= 11 is 5.48. The van der Waals surface area contributed by atoms with Crippen molar-refractivity contribution < 1.29 is 9.21 Å². The Kier molecular flexibility index (Phi) is 5.99. The lowest BCUT2D eigenvalue weighted by molar-refractivity contribution is -0.122. The van der Waals surface area contributed by atoms with Crippen LogP contribution in [0.4, 0.5) is 5.69 Å². The minimum absolute atomic E-state index is 0.0117. The Bertz CT molecular complexity index is 1620. The standard InChI is InChI=1S/C32H35N3O3S/c1-19-21-17-23-26-25(32(4,5)13-16-34(26)15-12-31(23,2)3)27(21)38-29(37)22(19)18-24-28(36)35(30(39)33-24)14-11-20-9-7-6-8-10-20/h6-10,17-18H,11-16H2,1-5H3,(H,33,39)/b24-18+. The Morgan fingerprint density at radius 1 is 1.05 bits per heavy atom. The summed E-state index contributed by atoms with van der Waals surface area (Å²) in [6, 6.07) is 12.2. The number of benzene rings is 2. The van der Waals surface area contributed by atoms with Crippen molar-refractivity contribution in [2.75, 3.05) is 24.5 Å². The Morgan fingerprint density at radius 2 is 1.74 bits per heavy atom. The molecule has 0 bridgehead atoms. The maximum absolute atomic E-state index is 13.5. The van der Waals surface area contributed by atoms with Crippen LogP contribution in [0.3, 0.4) is 0 Å². The fraction of sp³-hybridized carbons (Fsp3) is 0.406. The molecule has 4 heterocycles. The summed E-state index contributed by atoms with van der Waals surface area (Å²) in [5.74, 6) is -0.228. The molecule has 3 aromatic rings. The summed E-state index contributed by atoms with van der Waals surface area (Å²) in [4.78, 5) is 30.8. The summed E-state index contributed by atoms with van der Waals surface area (Å²) in [6.07, 6.45) is 4.38. The molecule has 6 rings (SSSR count). The molecule has 202 valence electrons. The predicted octanol–water partition coefficient (Wildman–Crippen LogP) is 5.57. The van der Waals surface area contributed by atoms with Gasteiger partial charge in [-0.2, -0.15) is 0 Å². The molecule has 39 heavy (non-hydrogen) atoms. The van der Waals surface area contributed by atoms with Gasteiger partial charge in [-0.15, -0.1) is 0 Å². The average Bonchev–Trinajstić information content (AvgIpc) is 3.16. The van der Waals surface area contributed by atoms with Crippen LogP contribution >= 0.6 is 12.2 Å². The SMILES string of the molecule is Cc1c(/C=C2/NC(=S)N(CCc3ccccc3)C2=O)c(=O)oc2c3c4c(cc12)C(C)(C)CCN4CCC3(C)C. The van der Waals surface area contributed by atoms with Gasteiger partial charge in [-0.1, -0.05) is 58.0 Å². The topological polar surface area (TPSA) is 65.8 Å². The Hall–Kier alpha value is -3.45. The number of fused-ring (bicyclic) bond motifs is 2. The van der Waals surface area contributed by atoms with Crippen LogP contribution in [-0.2, 0) is 22.0 Å². The van der Waals surface area contributed by atoms with Crippen LogP contribution in [0.5, 0.6) is 0 Å².